The van der Waals surface area contributed by atoms with Crippen LogP contribution in [0.3, 0.4) is 0 Å². The fourth-order valence-electron chi connectivity index (χ4n) is 3.05. The highest BCUT2D eigenvalue weighted by Gasteiger charge is 2.35. The molecule has 0 bridgehead atoms. The first kappa shape index (κ1) is 17.1. The van der Waals surface area contributed by atoms with Gasteiger partial charge in [-0.1, -0.05) is 6.07 Å². The van der Waals surface area contributed by atoms with Crippen molar-refractivity contribution in [2.24, 2.45) is 5.92 Å². The lowest BCUT2D eigenvalue weighted by Crippen LogP contribution is -2.39. The number of hydrogen-bond donors (Lipinski definition) is 1. The van der Waals surface area contributed by atoms with Gasteiger partial charge in [-0.25, -0.2) is 0 Å². The largest absolute Gasteiger partial charge is 0.497 e. The van der Waals surface area contributed by atoms with Crippen LogP contribution in [0, 0.1) is 5.92 Å². The Morgan fingerprint density at radius 1 is 1.40 bits per heavy atom. The predicted molar refractivity (Wildman–Crippen MR) is 93.5 cm³/mol. The number of carbonyl (C=O) groups is 2. The number of carbonyl (C=O) groups excluding carboxylic acids is 2. The monoisotopic (exact) mass is 342 g/mol. The van der Waals surface area contributed by atoms with E-state index >= 15 is 0 Å². The molecule has 1 aromatic heterocycles. The zero-order valence-electron chi connectivity index (χ0n) is 14.4. The van der Waals surface area contributed by atoms with Crippen molar-refractivity contribution in [3.63, 3.8) is 0 Å². The van der Waals surface area contributed by atoms with Crippen molar-refractivity contribution in [2.45, 2.75) is 25.8 Å². The van der Waals surface area contributed by atoms with Crippen molar-refractivity contribution >= 4 is 17.5 Å². The number of nitrogens with one attached hydrogen (secondary N) is 1. The first-order valence-corrected chi connectivity index (χ1v) is 8.34. The van der Waals surface area contributed by atoms with Gasteiger partial charge in [-0.2, -0.15) is 0 Å². The molecule has 1 aliphatic heterocycles. The van der Waals surface area contributed by atoms with E-state index in [1.807, 2.05) is 37.3 Å². The highest BCUT2D eigenvalue weighted by molar-refractivity contribution is 6.00. The van der Waals surface area contributed by atoms with Gasteiger partial charge in [0.15, 0.2) is 0 Å². The molecule has 0 unspecified atom stereocenters. The third-order valence-electron chi connectivity index (χ3n) is 4.34. The summed E-state index contributed by atoms with van der Waals surface area (Å²) in [5.41, 5.74) is 0.753. The van der Waals surface area contributed by atoms with Crippen LogP contribution in [0.4, 0.5) is 5.69 Å². The molecule has 132 valence electrons. The third kappa shape index (κ3) is 4.02. The Morgan fingerprint density at radius 3 is 2.96 bits per heavy atom. The van der Waals surface area contributed by atoms with Crippen molar-refractivity contribution in [1.82, 2.24) is 5.32 Å². The van der Waals surface area contributed by atoms with E-state index in [2.05, 4.69) is 5.32 Å². The lowest BCUT2D eigenvalue weighted by atomic mass is 10.1. The average Bonchev–Trinajstić information content (AvgIpc) is 3.24. The maximum absolute atomic E-state index is 12.5. The Morgan fingerprint density at radius 2 is 2.24 bits per heavy atom. The van der Waals surface area contributed by atoms with E-state index in [-0.39, 0.29) is 30.2 Å². The number of ether oxygens (including phenoxy) is 1. The first-order chi connectivity index (χ1) is 12.1. The average molecular weight is 342 g/mol. The number of methoxy groups -OCH3 is 1. The van der Waals surface area contributed by atoms with Crippen LogP contribution in [-0.2, 0) is 16.0 Å². The van der Waals surface area contributed by atoms with E-state index in [0.29, 0.717) is 18.7 Å². The van der Waals surface area contributed by atoms with Crippen LogP contribution in [0.5, 0.6) is 5.75 Å². The van der Waals surface area contributed by atoms with Crippen LogP contribution in [0.25, 0.3) is 0 Å². The van der Waals surface area contributed by atoms with Gasteiger partial charge in [-0.05, 0) is 31.2 Å². The highest BCUT2D eigenvalue weighted by Crippen LogP contribution is 2.28. The van der Waals surface area contributed by atoms with E-state index < -0.39 is 0 Å². The normalized spacial score (nSPS) is 18.2. The van der Waals surface area contributed by atoms with Gasteiger partial charge in [-0.15, -0.1) is 0 Å². The summed E-state index contributed by atoms with van der Waals surface area (Å²) in [5.74, 6) is 1.02. The molecule has 2 heterocycles. The topological polar surface area (TPSA) is 71.8 Å². The minimum absolute atomic E-state index is 0.0490. The molecule has 1 aliphatic rings. The lowest BCUT2D eigenvalue weighted by Gasteiger charge is -2.18. The quantitative estimate of drug-likeness (QED) is 0.875. The predicted octanol–water partition coefficient (Wildman–Crippen LogP) is 2.39. The summed E-state index contributed by atoms with van der Waals surface area (Å²) in [7, 11) is 1.58. The Bertz CT molecular complexity index is 742. The van der Waals surface area contributed by atoms with E-state index in [1.165, 1.54) is 0 Å². The van der Waals surface area contributed by atoms with Crippen LogP contribution in [0.2, 0.25) is 0 Å². The number of anilines is 1. The molecule has 2 amide bonds. The highest BCUT2D eigenvalue weighted by atomic mass is 16.5. The summed E-state index contributed by atoms with van der Waals surface area (Å²) in [5, 5.41) is 2.97. The fourth-order valence-corrected chi connectivity index (χ4v) is 3.05. The first-order valence-electron chi connectivity index (χ1n) is 8.34. The zero-order valence-corrected chi connectivity index (χ0v) is 14.4. The van der Waals surface area contributed by atoms with Gasteiger partial charge in [0.05, 0.1) is 19.3 Å². The molecule has 25 heavy (non-hydrogen) atoms. The van der Waals surface area contributed by atoms with Crippen LogP contribution in [0.15, 0.2) is 47.1 Å². The van der Waals surface area contributed by atoms with E-state index in [0.717, 1.165) is 11.4 Å². The number of rotatable bonds is 6. The minimum Gasteiger partial charge on any atom is -0.497 e. The summed E-state index contributed by atoms with van der Waals surface area (Å²) in [6, 6.07) is 11.0. The molecular formula is C19H22N2O4. The number of nitrogens with zero attached hydrogens (tertiary/aromatic N) is 1. The van der Waals surface area contributed by atoms with Crippen molar-refractivity contribution in [1.29, 1.82) is 0 Å². The van der Waals surface area contributed by atoms with E-state index in [1.54, 1.807) is 24.3 Å². The smallest absolute Gasteiger partial charge is 0.227 e. The van der Waals surface area contributed by atoms with E-state index in [4.69, 9.17) is 9.15 Å². The van der Waals surface area contributed by atoms with Gasteiger partial charge in [0.25, 0.3) is 0 Å². The molecule has 2 aromatic rings. The van der Waals surface area contributed by atoms with Crippen molar-refractivity contribution < 1.29 is 18.7 Å². The standard InChI is InChI=1S/C19H22N2O4/c1-13(9-17-7-4-8-25-17)20-19(23)14-10-18(22)21(12-14)15-5-3-6-16(11-15)24-2/h3-8,11,13-14H,9-10,12H2,1-2H3,(H,20,23)/t13-,14-/m0/s1. The Kier molecular flexibility index (Phi) is 5.07. The van der Waals surface area contributed by atoms with Crippen LogP contribution < -0.4 is 15.0 Å². The van der Waals surface area contributed by atoms with Gasteiger partial charge >= 0.3 is 0 Å². The number of amides is 2. The zero-order chi connectivity index (χ0) is 17.8. The molecule has 0 radical (unpaired) electrons. The molecule has 1 aromatic carbocycles. The molecule has 1 fully saturated rings. The molecule has 6 heteroatoms. The molecule has 1 saturated heterocycles. The van der Waals surface area contributed by atoms with Crippen molar-refractivity contribution in [3.8, 4) is 5.75 Å². The molecule has 1 N–H and O–H groups in total. The second-order valence-electron chi connectivity index (χ2n) is 6.30. The number of hydrogen-bond acceptors (Lipinski definition) is 4. The summed E-state index contributed by atoms with van der Waals surface area (Å²) in [6.07, 6.45) is 2.46. The van der Waals surface area contributed by atoms with Gasteiger partial charge in [-0.3, -0.25) is 9.59 Å². The van der Waals surface area contributed by atoms with E-state index in [9.17, 15) is 9.59 Å². The van der Waals surface area contributed by atoms with Gasteiger partial charge < -0.3 is 19.4 Å². The van der Waals surface area contributed by atoms with Gasteiger partial charge in [0.1, 0.15) is 11.5 Å². The molecule has 0 spiro atoms. The molecule has 6 nitrogen and oxygen atoms in total. The molecule has 2 atom stereocenters. The Labute approximate surface area is 146 Å². The van der Waals surface area contributed by atoms with Crippen LogP contribution in [0.1, 0.15) is 19.1 Å². The summed E-state index contributed by atoms with van der Waals surface area (Å²) >= 11 is 0. The maximum Gasteiger partial charge on any atom is 0.227 e. The second-order valence-corrected chi connectivity index (χ2v) is 6.30. The Hall–Kier alpha value is -2.76. The van der Waals surface area contributed by atoms with Crippen molar-refractivity contribution in [2.75, 3.05) is 18.6 Å². The molecule has 0 aliphatic carbocycles. The SMILES string of the molecule is COc1cccc(N2C[C@@H](C(=O)N[C@@H](C)Cc3ccco3)CC2=O)c1. The van der Waals surface area contributed by atoms with Crippen molar-refractivity contribution in [3.05, 3.63) is 48.4 Å². The Balaban J connectivity index is 1.60. The van der Waals surface area contributed by atoms with Crippen LogP contribution >= 0.6 is 0 Å². The summed E-state index contributed by atoms with van der Waals surface area (Å²) < 4.78 is 10.5. The third-order valence-corrected chi connectivity index (χ3v) is 4.34. The second kappa shape index (κ2) is 7.42. The summed E-state index contributed by atoms with van der Waals surface area (Å²) in [4.78, 5) is 26.4. The lowest BCUT2D eigenvalue weighted by molar-refractivity contribution is -0.126. The number of benzene rings is 1. The molecule has 0 saturated carbocycles. The van der Waals surface area contributed by atoms with Gasteiger partial charge in [0, 0.05) is 37.2 Å². The maximum atomic E-state index is 12.5. The molecular weight excluding hydrogens is 320 g/mol. The number of furan rings is 1. The van der Waals surface area contributed by atoms with Gasteiger partial charge in [0.2, 0.25) is 11.8 Å². The summed E-state index contributed by atoms with van der Waals surface area (Å²) in [6.45, 7) is 2.31. The molecule has 3 rings (SSSR count). The fraction of sp³-hybridized carbons (Fsp3) is 0.368. The van der Waals surface area contributed by atoms with Crippen LogP contribution in [-0.4, -0.2) is 31.5 Å². The minimum atomic E-state index is -0.349.